The summed E-state index contributed by atoms with van der Waals surface area (Å²) in [4.78, 5) is 7.72. The van der Waals surface area contributed by atoms with Crippen molar-refractivity contribution in [3.05, 3.63) is 215 Å². The number of allylic oxidation sites excluding steroid dienone is 2. The number of nitrogens with zero attached hydrogens (tertiary/aromatic N) is 3. The van der Waals surface area contributed by atoms with Crippen LogP contribution >= 0.6 is 0 Å². The van der Waals surface area contributed by atoms with E-state index in [2.05, 4.69) is 268 Å². The molecule has 3 aliphatic heterocycles. The van der Waals surface area contributed by atoms with Crippen LogP contribution in [-0.4, -0.2) is 12.8 Å². The molecule has 7 aromatic rings. The maximum Gasteiger partial charge on any atom is 0.296 e. The van der Waals surface area contributed by atoms with Crippen molar-refractivity contribution in [1.82, 2.24) is 0 Å². The molecule has 0 saturated heterocycles. The molecule has 382 valence electrons. The Morgan fingerprint density at radius 2 is 1.11 bits per heavy atom. The van der Waals surface area contributed by atoms with Gasteiger partial charge in [-0.15, -0.1) is 0 Å². The van der Waals surface area contributed by atoms with Gasteiger partial charge in [0, 0.05) is 45.4 Å². The smallest absolute Gasteiger partial charge is 0.296 e. The molecule has 3 heterocycles. The summed E-state index contributed by atoms with van der Waals surface area (Å²) in [5, 5.41) is 0. The van der Waals surface area contributed by atoms with Gasteiger partial charge in [0.05, 0.1) is 23.0 Å². The fourth-order valence-corrected chi connectivity index (χ4v) is 14.1. The average molecular weight is 996 g/mol. The molecule has 0 bridgehead atoms. The number of hydrogen-bond acceptors (Lipinski definition) is 4. The predicted molar refractivity (Wildman–Crippen MR) is 322 cm³/mol. The Balaban J connectivity index is 1.12. The first kappa shape index (κ1) is 48.7. The van der Waals surface area contributed by atoms with Crippen molar-refractivity contribution in [3.63, 3.8) is 0 Å². The summed E-state index contributed by atoms with van der Waals surface area (Å²) in [6, 6.07) is 59.8. The average Bonchev–Trinajstić information content (AvgIpc) is 3.89. The molecule has 4 nitrogen and oxygen atoms in total. The molecule has 2 atom stereocenters. The molecular formula is C71H74BN3O. The maximum atomic E-state index is 7.86. The number of benzene rings is 7. The Kier molecular flexibility index (Phi) is 10.9. The molecule has 0 aromatic heterocycles. The zero-order valence-corrected chi connectivity index (χ0v) is 47.0. The highest BCUT2D eigenvalue weighted by Gasteiger charge is 2.55. The number of fused-ring (bicyclic) bond motifs is 7. The molecule has 7 aromatic carbocycles. The van der Waals surface area contributed by atoms with Crippen LogP contribution in [0.25, 0.3) is 11.1 Å². The van der Waals surface area contributed by atoms with E-state index >= 15 is 0 Å². The van der Waals surface area contributed by atoms with Gasteiger partial charge in [0.15, 0.2) is 0 Å². The van der Waals surface area contributed by atoms with Crippen LogP contribution in [-0.2, 0) is 21.0 Å². The Hall–Kier alpha value is -6.98. The van der Waals surface area contributed by atoms with Crippen molar-refractivity contribution in [1.29, 1.82) is 0 Å². The summed E-state index contributed by atoms with van der Waals surface area (Å²) in [6.45, 7) is 28.8. The van der Waals surface area contributed by atoms with Crippen molar-refractivity contribution < 1.29 is 4.74 Å². The van der Waals surface area contributed by atoms with Crippen LogP contribution in [0.2, 0.25) is 0 Å². The van der Waals surface area contributed by atoms with Gasteiger partial charge in [-0.2, -0.15) is 0 Å². The minimum Gasteiger partial charge on any atom is -0.497 e. The summed E-state index contributed by atoms with van der Waals surface area (Å²) in [6.07, 6.45) is 9.70. The number of rotatable bonds is 6. The van der Waals surface area contributed by atoms with E-state index in [-0.39, 0.29) is 45.8 Å². The maximum absolute atomic E-state index is 7.86. The van der Waals surface area contributed by atoms with Crippen molar-refractivity contribution in [2.45, 2.75) is 131 Å². The minimum atomic E-state index is -0.161. The van der Waals surface area contributed by atoms with Gasteiger partial charge in [-0.1, -0.05) is 167 Å². The molecule has 6 aliphatic rings. The third kappa shape index (κ3) is 7.60. The lowest BCUT2D eigenvalue weighted by atomic mass is 9.35. The standard InChI is InChI=1S/C71H74BN3O/c1-45-38-61-64-62(39-45)75(59-33-28-47(67(2,3)4)40-52(59)46-22-16-13-17-23-46)65-53-43-56-57(71(11,12)37-36-70(56,9)10)44-63(53)76-66(65)72(64)58-32-30-51(73(48-24-18-14-19-25-48)49-26-20-15-21-27-49)42-60(58)74(61)50-29-31-54-55(41-50)69(7,8)35-34-68(54,5)6/h13-33,38-44,53,63H,34-37H2,1-12H3. The minimum absolute atomic E-state index is 0.00332. The van der Waals surface area contributed by atoms with Gasteiger partial charge in [0.25, 0.3) is 6.71 Å². The highest BCUT2D eigenvalue weighted by Crippen LogP contribution is 2.59. The highest BCUT2D eigenvalue weighted by atomic mass is 16.5. The summed E-state index contributed by atoms with van der Waals surface area (Å²) in [7, 11) is 0. The third-order valence-corrected chi connectivity index (χ3v) is 18.7. The number of hydrogen-bond donors (Lipinski definition) is 0. The second kappa shape index (κ2) is 17.0. The number of para-hydroxylation sites is 2. The molecule has 1 fully saturated rings. The topological polar surface area (TPSA) is 19.0 Å². The van der Waals surface area contributed by atoms with Crippen molar-refractivity contribution in [2.24, 2.45) is 16.7 Å². The van der Waals surface area contributed by atoms with E-state index in [0.717, 1.165) is 42.0 Å². The first-order valence-electron chi connectivity index (χ1n) is 28.2. The summed E-state index contributed by atoms with van der Waals surface area (Å²) in [5.41, 5.74) is 25.2. The molecular weight excluding hydrogens is 922 g/mol. The lowest BCUT2D eigenvalue weighted by molar-refractivity contribution is 0.168. The van der Waals surface area contributed by atoms with Crippen LogP contribution in [0.5, 0.6) is 0 Å². The molecule has 2 unspecified atom stereocenters. The molecule has 13 rings (SSSR count). The van der Waals surface area contributed by atoms with Gasteiger partial charge >= 0.3 is 0 Å². The molecule has 5 heteroatoms. The second-order valence-corrected chi connectivity index (χ2v) is 26.7. The monoisotopic (exact) mass is 996 g/mol. The lowest BCUT2D eigenvalue weighted by Crippen LogP contribution is -2.56. The van der Waals surface area contributed by atoms with Crippen LogP contribution < -0.4 is 25.6 Å². The molecule has 0 radical (unpaired) electrons. The highest BCUT2D eigenvalue weighted by molar-refractivity contribution is 6.94. The largest absolute Gasteiger partial charge is 0.497 e. The van der Waals surface area contributed by atoms with Crippen molar-refractivity contribution in [2.75, 3.05) is 14.7 Å². The Morgan fingerprint density at radius 3 is 1.74 bits per heavy atom. The fraction of sp³-hybridized carbons (Fsp3) is 0.324. The van der Waals surface area contributed by atoms with E-state index in [1.807, 2.05) is 0 Å². The molecule has 3 aliphatic carbocycles. The van der Waals surface area contributed by atoms with Crippen LogP contribution in [0.1, 0.15) is 124 Å². The van der Waals surface area contributed by atoms with Crippen LogP contribution in [0.4, 0.5) is 45.5 Å². The zero-order chi connectivity index (χ0) is 52.8. The summed E-state index contributed by atoms with van der Waals surface area (Å²) < 4.78 is 7.86. The third-order valence-electron chi connectivity index (χ3n) is 18.7. The van der Waals surface area contributed by atoms with Gasteiger partial charge < -0.3 is 19.4 Å². The number of ether oxygens (including phenoxy) is 1. The lowest BCUT2D eigenvalue weighted by Gasteiger charge is -2.47. The summed E-state index contributed by atoms with van der Waals surface area (Å²) in [5.74, 6) is 0.00332. The van der Waals surface area contributed by atoms with Gasteiger partial charge in [0.2, 0.25) is 0 Å². The Bertz CT molecular complexity index is 3550. The van der Waals surface area contributed by atoms with E-state index in [0.29, 0.717) is 0 Å². The van der Waals surface area contributed by atoms with Crippen LogP contribution in [0, 0.1) is 23.7 Å². The van der Waals surface area contributed by atoms with Crippen LogP contribution in [0.3, 0.4) is 0 Å². The van der Waals surface area contributed by atoms with E-state index in [4.69, 9.17) is 4.74 Å². The molecule has 0 N–H and O–H groups in total. The SMILES string of the molecule is Cc1cc2c3c(c1)N(c1ccc4c(c1)C(C)(C)CCC4(C)C)c1cc(N(c4ccccc4)c4ccccc4)ccc1B3C1=C(C3C=C4C(=CC3O1)C(C)(C)CCC4(C)C)N2c1ccc(C(C)(C)C)cc1-c1ccccc1. The van der Waals surface area contributed by atoms with Gasteiger partial charge in [-0.25, -0.2) is 0 Å². The molecule has 0 spiro atoms. The van der Waals surface area contributed by atoms with Crippen LogP contribution in [0.15, 0.2) is 192 Å². The molecule has 1 saturated carbocycles. The fourth-order valence-electron chi connectivity index (χ4n) is 14.1. The van der Waals surface area contributed by atoms with Crippen molar-refractivity contribution >= 4 is 63.1 Å². The van der Waals surface area contributed by atoms with Gasteiger partial charge in [-0.05, 0) is 188 Å². The van der Waals surface area contributed by atoms with Gasteiger partial charge in [0.1, 0.15) is 6.10 Å². The Morgan fingerprint density at radius 1 is 0.526 bits per heavy atom. The quantitative estimate of drug-likeness (QED) is 0.155. The first-order valence-corrected chi connectivity index (χ1v) is 28.2. The van der Waals surface area contributed by atoms with E-state index in [1.165, 1.54) is 96.0 Å². The Labute approximate surface area is 453 Å². The zero-order valence-electron chi connectivity index (χ0n) is 47.0. The predicted octanol–water partition coefficient (Wildman–Crippen LogP) is 17.8. The molecule has 0 amide bonds. The normalized spacial score (nSPS) is 21.0. The van der Waals surface area contributed by atoms with E-state index in [1.54, 1.807) is 0 Å². The van der Waals surface area contributed by atoms with Crippen molar-refractivity contribution in [3.8, 4) is 11.1 Å². The second-order valence-electron chi connectivity index (χ2n) is 26.7. The van der Waals surface area contributed by atoms with E-state index < -0.39 is 0 Å². The van der Waals surface area contributed by atoms with Gasteiger partial charge in [-0.3, -0.25) is 0 Å². The number of aryl methyl sites for hydroxylation is 1. The van der Waals surface area contributed by atoms with E-state index in [9.17, 15) is 0 Å². The summed E-state index contributed by atoms with van der Waals surface area (Å²) >= 11 is 0. The number of anilines is 8. The first-order chi connectivity index (χ1) is 36.2. The molecule has 76 heavy (non-hydrogen) atoms.